The van der Waals surface area contributed by atoms with Crippen LogP contribution in [0.1, 0.15) is 23.1 Å². The van der Waals surface area contributed by atoms with Crippen LogP contribution in [0.3, 0.4) is 0 Å². The number of furan rings is 1. The van der Waals surface area contributed by atoms with Crippen molar-refractivity contribution < 1.29 is 4.42 Å². The van der Waals surface area contributed by atoms with Gasteiger partial charge in [-0.3, -0.25) is 4.90 Å². The third-order valence-corrected chi connectivity index (χ3v) is 6.46. The number of hydrogen-bond donors (Lipinski definition) is 0. The molecule has 2 heteroatoms. The number of nitrogens with zero attached hydrogens (tertiary/aromatic N) is 1. The zero-order chi connectivity index (χ0) is 21.5. The van der Waals surface area contributed by atoms with Crippen molar-refractivity contribution in [2.45, 2.75) is 26.2 Å². The maximum absolute atomic E-state index is 6.62. The Morgan fingerprint density at radius 1 is 0.719 bits per heavy atom. The Morgan fingerprint density at radius 3 is 2.34 bits per heavy atom. The summed E-state index contributed by atoms with van der Waals surface area (Å²) in [5.74, 6) is 0.945. The van der Waals surface area contributed by atoms with E-state index in [-0.39, 0.29) is 0 Å². The lowest BCUT2D eigenvalue weighted by Gasteiger charge is -2.29. The normalized spacial score (nSPS) is 13.3. The van der Waals surface area contributed by atoms with Crippen LogP contribution in [0.15, 0.2) is 101 Å². The van der Waals surface area contributed by atoms with E-state index in [9.17, 15) is 0 Å². The van der Waals surface area contributed by atoms with Gasteiger partial charge in [-0.05, 0) is 61.6 Å². The first-order valence-corrected chi connectivity index (χ1v) is 11.3. The highest BCUT2D eigenvalue weighted by atomic mass is 16.4. The van der Waals surface area contributed by atoms with Gasteiger partial charge in [0, 0.05) is 16.5 Å². The maximum Gasteiger partial charge on any atom is 0.209 e. The Labute approximate surface area is 188 Å². The summed E-state index contributed by atoms with van der Waals surface area (Å²) in [6, 6.07) is 34.6. The van der Waals surface area contributed by atoms with E-state index >= 15 is 0 Å². The molecule has 1 aromatic heterocycles. The summed E-state index contributed by atoms with van der Waals surface area (Å²) in [4.78, 5) is 2.35. The highest BCUT2D eigenvalue weighted by Crippen LogP contribution is 2.47. The zero-order valence-corrected chi connectivity index (χ0v) is 18.2. The van der Waals surface area contributed by atoms with Crippen LogP contribution in [0.4, 0.5) is 17.3 Å². The number of para-hydroxylation sites is 2. The molecule has 2 heterocycles. The lowest BCUT2D eigenvalue weighted by Crippen LogP contribution is -2.16. The third-order valence-electron chi connectivity index (χ3n) is 6.46. The van der Waals surface area contributed by atoms with Crippen LogP contribution < -0.4 is 4.90 Å². The molecule has 0 atom stereocenters. The van der Waals surface area contributed by atoms with Crippen molar-refractivity contribution in [2.24, 2.45) is 0 Å². The average molecular weight is 416 g/mol. The highest BCUT2D eigenvalue weighted by Gasteiger charge is 2.27. The van der Waals surface area contributed by atoms with Crippen molar-refractivity contribution in [1.82, 2.24) is 0 Å². The first-order valence-electron chi connectivity index (χ1n) is 11.3. The minimum absolute atomic E-state index is 0.945. The molecule has 1 aliphatic heterocycles. The van der Waals surface area contributed by atoms with Gasteiger partial charge >= 0.3 is 0 Å². The monoisotopic (exact) mass is 415 g/mol. The highest BCUT2D eigenvalue weighted by molar-refractivity contribution is 5.94. The van der Waals surface area contributed by atoms with Gasteiger partial charge in [0.15, 0.2) is 0 Å². The third kappa shape index (κ3) is 3.11. The first kappa shape index (κ1) is 18.9. The molecule has 5 aromatic rings. The second-order valence-electron chi connectivity index (χ2n) is 8.59. The molecule has 4 aromatic carbocycles. The summed E-state index contributed by atoms with van der Waals surface area (Å²) in [5, 5.41) is 1.24. The Balaban J connectivity index is 1.67. The van der Waals surface area contributed by atoms with Crippen LogP contribution in [-0.4, -0.2) is 0 Å². The molecule has 156 valence electrons. The Hall–Kier alpha value is -3.78. The molecule has 0 saturated carbocycles. The van der Waals surface area contributed by atoms with Crippen molar-refractivity contribution in [2.75, 3.05) is 4.90 Å². The van der Waals surface area contributed by atoms with E-state index in [0.29, 0.717) is 0 Å². The van der Waals surface area contributed by atoms with Crippen LogP contribution in [0.5, 0.6) is 0 Å². The molecule has 1 aliphatic rings. The van der Waals surface area contributed by atoms with Gasteiger partial charge in [-0.15, -0.1) is 0 Å². The van der Waals surface area contributed by atoms with E-state index in [0.717, 1.165) is 36.4 Å². The van der Waals surface area contributed by atoms with Gasteiger partial charge in [-0.25, -0.2) is 0 Å². The smallest absolute Gasteiger partial charge is 0.209 e. The molecule has 0 radical (unpaired) electrons. The minimum Gasteiger partial charge on any atom is -0.439 e. The van der Waals surface area contributed by atoms with E-state index in [1.807, 2.05) is 0 Å². The van der Waals surface area contributed by atoms with Crippen molar-refractivity contribution in [3.63, 3.8) is 0 Å². The fourth-order valence-electron chi connectivity index (χ4n) is 4.95. The van der Waals surface area contributed by atoms with Crippen molar-refractivity contribution in [3.8, 4) is 11.1 Å². The minimum atomic E-state index is 0.945. The van der Waals surface area contributed by atoms with Gasteiger partial charge in [0.2, 0.25) is 5.88 Å². The number of hydrogen-bond acceptors (Lipinski definition) is 2. The molecule has 6 rings (SSSR count). The topological polar surface area (TPSA) is 16.4 Å². The van der Waals surface area contributed by atoms with E-state index in [4.69, 9.17) is 4.42 Å². The van der Waals surface area contributed by atoms with Gasteiger partial charge in [0.1, 0.15) is 5.58 Å². The van der Waals surface area contributed by atoms with E-state index in [2.05, 4.69) is 109 Å². The largest absolute Gasteiger partial charge is 0.439 e. The van der Waals surface area contributed by atoms with Crippen LogP contribution in [0.2, 0.25) is 0 Å². The summed E-state index contributed by atoms with van der Waals surface area (Å²) < 4.78 is 6.62. The molecule has 32 heavy (non-hydrogen) atoms. The fourth-order valence-corrected chi connectivity index (χ4v) is 4.95. The van der Waals surface area contributed by atoms with Crippen molar-refractivity contribution in [3.05, 3.63) is 114 Å². The number of rotatable bonds is 2. The fraction of sp³-hybridized carbons (Fsp3) is 0.133. The predicted octanol–water partition coefficient (Wildman–Crippen LogP) is 8.37. The van der Waals surface area contributed by atoms with Gasteiger partial charge in [0.05, 0.1) is 11.4 Å². The summed E-state index contributed by atoms with van der Waals surface area (Å²) in [6.45, 7) is 2.15. The molecule has 0 amide bonds. The van der Waals surface area contributed by atoms with Gasteiger partial charge in [-0.1, -0.05) is 78.4 Å². The zero-order valence-electron chi connectivity index (χ0n) is 18.2. The summed E-state index contributed by atoms with van der Waals surface area (Å²) >= 11 is 0. The molecular formula is C30H25NO. The Bertz CT molecular complexity index is 1410. The Kier molecular flexibility index (Phi) is 4.57. The van der Waals surface area contributed by atoms with Crippen molar-refractivity contribution >= 4 is 28.2 Å². The SMILES string of the molecule is Cc1ccc2oc3c(c2c1)CCCc1ccccc1N3c1ccccc1-c1ccccc1. The summed E-state index contributed by atoms with van der Waals surface area (Å²) in [5.41, 5.74) is 9.64. The molecule has 0 fully saturated rings. The van der Waals surface area contributed by atoms with Crippen LogP contribution in [-0.2, 0) is 12.8 Å². The summed E-state index contributed by atoms with van der Waals surface area (Å²) in [6.07, 6.45) is 3.17. The quantitative estimate of drug-likeness (QED) is 0.288. The Morgan fingerprint density at radius 2 is 1.47 bits per heavy atom. The molecule has 2 nitrogen and oxygen atoms in total. The molecule has 0 saturated heterocycles. The van der Waals surface area contributed by atoms with E-state index < -0.39 is 0 Å². The average Bonchev–Trinajstić information content (AvgIpc) is 3.16. The predicted molar refractivity (Wildman–Crippen MR) is 133 cm³/mol. The molecule has 0 aliphatic carbocycles. The molecule has 0 spiro atoms. The number of fused-ring (bicyclic) bond motifs is 4. The number of aryl methyl sites for hydroxylation is 3. The molecular weight excluding hydrogens is 390 g/mol. The van der Waals surface area contributed by atoms with Gasteiger partial charge in [-0.2, -0.15) is 0 Å². The van der Waals surface area contributed by atoms with Gasteiger partial charge in [0.25, 0.3) is 0 Å². The van der Waals surface area contributed by atoms with Crippen LogP contribution in [0, 0.1) is 6.92 Å². The van der Waals surface area contributed by atoms with Crippen LogP contribution >= 0.6 is 0 Å². The number of anilines is 3. The first-order chi connectivity index (χ1) is 15.8. The summed E-state index contributed by atoms with van der Waals surface area (Å²) in [7, 11) is 0. The second-order valence-corrected chi connectivity index (χ2v) is 8.59. The molecule has 0 N–H and O–H groups in total. The van der Waals surface area contributed by atoms with Crippen molar-refractivity contribution in [1.29, 1.82) is 0 Å². The number of benzene rings is 4. The molecule has 0 unspecified atom stereocenters. The van der Waals surface area contributed by atoms with E-state index in [1.165, 1.54) is 38.9 Å². The lowest BCUT2D eigenvalue weighted by molar-refractivity contribution is 0.611. The lowest BCUT2D eigenvalue weighted by atomic mass is 9.96. The van der Waals surface area contributed by atoms with Crippen LogP contribution in [0.25, 0.3) is 22.1 Å². The maximum atomic E-state index is 6.62. The standard InChI is InChI=1S/C30H25NO/c1-21-18-19-29-26(20-21)25-15-9-13-23-12-5-7-16-27(23)31(30(25)32-29)28-17-8-6-14-24(28)22-10-3-2-4-11-22/h2-8,10-12,14,16-20H,9,13,15H2,1H3. The molecule has 0 bridgehead atoms. The second kappa shape index (κ2) is 7.72. The van der Waals surface area contributed by atoms with Gasteiger partial charge < -0.3 is 4.42 Å². The van der Waals surface area contributed by atoms with E-state index in [1.54, 1.807) is 0 Å².